The van der Waals surface area contributed by atoms with E-state index in [9.17, 15) is 4.79 Å². The molecule has 5 heteroatoms. The molecule has 1 saturated heterocycles. The Kier molecular flexibility index (Phi) is 8.62. The summed E-state index contributed by atoms with van der Waals surface area (Å²) in [5, 5.41) is 3.01. The third kappa shape index (κ3) is 6.90. The van der Waals surface area contributed by atoms with Gasteiger partial charge in [0, 0.05) is 37.1 Å². The van der Waals surface area contributed by atoms with E-state index in [0.717, 1.165) is 38.2 Å². The van der Waals surface area contributed by atoms with Gasteiger partial charge in [0.15, 0.2) is 0 Å². The van der Waals surface area contributed by atoms with Gasteiger partial charge in [0.1, 0.15) is 11.9 Å². The summed E-state index contributed by atoms with van der Waals surface area (Å²) in [4.78, 5) is 14.6. The Morgan fingerprint density at radius 1 is 1.28 bits per heavy atom. The molecular weight excluding hydrogens is 332 g/mol. The molecule has 0 spiro atoms. The van der Waals surface area contributed by atoms with Crippen molar-refractivity contribution in [3.05, 3.63) is 29.8 Å². The van der Waals surface area contributed by atoms with Crippen LogP contribution in [0.3, 0.4) is 0 Å². The summed E-state index contributed by atoms with van der Waals surface area (Å²) in [6.07, 6.45) is 1.73. The smallest absolute Gasteiger partial charge is 0.223 e. The van der Waals surface area contributed by atoms with Crippen LogP contribution < -0.4 is 10.1 Å². The van der Waals surface area contributed by atoms with E-state index < -0.39 is 0 Å². The van der Waals surface area contributed by atoms with E-state index in [0.29, 0.717) is 6.54 Å². The van der Waals surface area contributed by atoms with Crippen molar-refractivity contribution in [1.82, 2.24) is 10.2 Å². The first-order valence-corrected chi connectivity index (χ1v) is 10.6. The van der Waals surface area contributed by atoms with Gasteiger partial charge in [-0.1, -0.05) is 26.0 Å². The fraction of sp³-hybridized carbons (Fsp3) is 0.650. The van der Waals surface area contributed by atoms with Gasteiger partial charge < -0.3 is 10.1 Å². The number of carbonyl (C=O) groups is 1. The van der Waals surface area contributed by atoms with Crippen molar-refractivity contribution in [3.8, 4) is 5.75 Å². The van der Waals surface area contributed by atoms with Gasteiger partial charge in [-0.2, -0.15) is 11.8 Å². The Morgan fingerprint density at radius 2 is 2.00 bits per heavy atom. The van der Waals surface area contributed by atoms with Gasteiger partial charge in [-0.3, -0.25) is 9.69 Å². The summed E-state index contributed by atoms with van der Waals surface area (Å²) in [7, 11) is 0. The molecule has 0 aliphatic carbocycles. The highest BCUT2D eigenvalue weighted by atomic mass is 32.2. The van der Waals surface area contributed by atoms with Crippen LogP contribution in [0.1, 0.15) is 39.2 Å². The molecule has 4 nitrogen and oxygen atoms in total. The molecule has 1 fully saturated rings. The molecule has 1 atom stereocenters. The first kappa shape index (κ1) is 20.1. The van der Waals surface area contributed by atoms with E-state index in [1.54, 1.807) is 0 Å². The van der Waals surface area contributed by atoms with Crippen molar-refractivity contribution in [2.75, 3.05) is 31.1 Å². The summed E-state index contributed by atoms with van der Waals surface area (Å²) >= 11 is 2.03. The van der Waals surface area contributed by atoms with Crippen molar-refractivity contribution < 1.29 is 9.53 Å². The monoisotopic (exact) mass is 364 g/mol. The minimum atomic E-state index is -0.0417. The Morgan fingerprint density at radius 3 is 2.68 bits per heavy atom. The van der Waals surface area contributed by atoms with Crippen molar-refractivity contribution in [2.24, 2.45) is 5.92 Å². The first-order chi connectivity index (χ1) is 12.1. The highest BCUT2D eigenvalue weighted by molar-refractivity contribution is 7.99. The lowest BCUT2D eigenvalue weighted by atomic mass is 10.0. The Labute approximate surface area is 156 Å². The fourth-order valence-electron chi connectivity index (χ4n) is 3.06. The average Bonchev–Trinajstić information content (AvgIpc) is 2.62. The first-order valence-electron chi connectivity index (χ1n) is 9.45. The Hall–Kier alpha value is -1.20. The van der Waals surface area contributed by atoms with Gasteiger partial charge in [-0.05, 0) is 37.5 Å². The lowest BCUT2D eigenvalue weighted by Gasteiger charge is -2.26. The second-order valence-electron chi connectivity index (χ2n) is 6.72. The van der Waals surface area contributed by atoms with Crippen molar-refractivity contribution in [3.63, 3.8) is 0 Å². The fourth-order valence-corrected chi connectivity index (χ4v) is 4.04. The van der Waals surface area contributed by atoms with Crippen LogP contribution in [0.2, 0.25) is 0 Å². The van der Waals surface area contributed by atoms with E-state index in [2.05, 4.69) is 42.3 Å². The van der Waals surface area contributed by atoms with Crippen LogP contribution >= 0.6 is 11.8 Å². The van der Waals surface area contributed by atoms with Gasteiger partial charge in [0.25, 0.3) is 0 Å². The van der Waals surface area contributed by atoms with E-state index in [1.807, 2.05) is 24.8 Å². The van der Waals surface area contributed by atoms with Crippen molar-refractivity contribution >= 4 is 17.7 Å². The maximum absolute atomic E-state index is 12.1. The molecule has 1 N–H and O–H groups in total. The van der Waals surface area contributed by atoms with E-state index in [1.165, 1.54) is 17.1 Å². The quantitative estimate of drug-likeness (QED) is 0.727. The predicted octanol–water partition coefficient (Wildman–Crippen LogP) is 3.56. The topological polar surface area (TPSA) is 41.6 Å². The summed E-state index contributed by atoms with van der Waals surface area (Å²) in [6.45, 7) is 9.96. The second-order valence-corrected chi connectivity index (χ2v) is 7.95. The van der Waals surface area contributed by atoms with Gasteiger partial charge in [-0.15, -0.1) is 0 Å². The number of thioether (sulfide) groups is 1. The largest absolute Gasteiger partial charge is 0.489 e. The third-order valence-electron chi connectivity index (χ3n) is 4.67. The number of carbonyl (C=O) groups excluding carboxylic acids is 1. The number of ether oxygens (including phenoxy) is 1. The normalized spacial score (nSPS) is 16.6. The Bertz CT molecular complexity index is 528. The van der Waals surface area contributed by atoms with E-state index in [-0.39, 0.29) is 17.9 Å². The van der Waals surface area contributed by atoms with Gasteiger partial charge >= 0.3 is 0 Å². The summed E-state index contributed by atoms with van der Waals surface area (Å²) in [5.74, 6) is 3.58. The maximum Gasteiger partial charge on any atom is 0.223 e. The van der Waals surface area contributed by atoms with Gasteiger partial charge in [-0.25, -0.2) is 0 Å². The summed E-state index contributed by atoms with van der Waals surface area (Å²) in [6, 6.07) is 8.34. The second kappa shape index (κ2) is 10.7. The number of nitrogens with one attached hydrogen (secondary N) is 1. The number of rotatable bonds is 9. The van der Waals surface area contributed by atoms with E-state index >= 15 is 0 Å². The van der Waals surface area contributed by atoms with Crippen LogP contribution in [0.5, 0.6) is 5.75 Å². The minimum Gasteiger partial charge on any atom is -0.489 e. The van der Waals surface area contributed by atoms with Gasteiger partial charge in [0.05, 0.1) is 6.54 Å². The molecule has 0 saturated carbocycles. The van der Waals surface area contributed by atoms with E-state index in [4.69, 9.17) is 4.74 Å². The predicted molar refractivity (Wildman–Crippen MR) is 106 cm³/mol. The lowest BCUT2D eigenvalue weighted by Crippen LogP contribution is -2.37. The molecule has 25 heavy (non-hydrogen) atoms. The maximum atomic E-state index is 12.1. The highest BCUT2D eigenvalue weighted by Crippen LogP contribution is 2.18. The molecule has 0 aromatic heterocycles. The Balaban J connectivity index is 1.81. The summed E-state index contributed by atoms with van der Waals surface area (Å²) in [5.41, 5.74) is 1.29. The molecule has 0 radical (unpaired) electrons. The minimum absolute atomic E-state index is 0.0417. The number of hydrogen-bond donors (Lipinski definition) is 1. The molecule has 1 heterocycles. The zero-order valence-electron chi connectivity index (χ0n) is 15.8. The zero-order valence-corrected chi connectivity index (χ0v) is 16.6. The van der Waals surface area contributed by atoms with Gasteiger partial charge in [0.2, 0.25) is 5.91 Å². The number of benzene rings is 1. The SMILES string of the molecule is CCC(CC)C(=O)NCC(C)Oc1cccc(CN2CCSCC2)c1. The van der Waals surface area contributed by atoms with Crippen LogP contribution in [-0.4, -0.2) is 48.1 Å². The molecule has 2 rings (SSSR count). The van der Waals surface area contributed by atoms with Crippen LogP contribution in [-0.2, 0) is 11.3 Å². The summed E-state index contributed by atoms with van der Waals surface area (Å²) < 4.78 is 6.00. The highest BCUT2D eigenvalue weighted by Gasteiger charge is 2.15. The zero-order chi connectivity index (χ0) is 18.1. The molecular formula is C20H32N2O2S. The standard InChI is InChI=1S/C20H32N2O2S/c1-4-18(5-2)20(23)21-14-16(3)24-19-8-6-7-17(13-19)15-22-9-11-25-12-10-22/h6-8,13,16,18H,4-5,9-12,14-15H2,1-3H3,(H,21,23). The van der Waals surface area contributed by atoms with Crippen LogP contribution in [0.15, 0.2) is 24.3 Å². The molecule has 0 bridgehead atoms. The molecule has 140 valence electrons. The molecule has 1 aromatic carbocycles. The van der Waals surface area contributed by atoms with Crippen molar-refractivity contribution in [1.29, 1.82) is 0 Å². The number of amides is 1. The number of hydrogen-bond acceptors (Lipinski definition) is 4. The van der Waals surface area contributed by atoms with Crippen LogP contribution in [0, 0.1) is 5.92 Å². The molecule has 1 aliphatic heterocycles. The van der Waals surface area contributed by atoms with Crippen molar-refractivity contribution in [2.45, 2.75) is 46.3 Å². The van der Waals surface area contributed by atoms with Crippen LogP contribution in [0.25, 0.3) is 0 Å². The molecule has 1 unspecified atom stereocenters. The number of nitrogens with zero attached hydrogens (tertiary/aromatic N) is 1. The van der Waals surface area contributed by atoms with Crippen LogP contribution in [0.4, 0.5) is 0 Å². The lowest BCUT2D eigenvalue weighted by molar-refractivity contribution is -0.125. The average molecular weight is 365 g/mol. The molecule has 1 aromatic rings. The molecule has 1 aliphatic rings. The third-order valence-corrected chi connectivity index (χ3v) is 5.61. The molecule has 1 amide bonds.